The number of hydrogen-bond donors (Lipinski definition) is 1. The largest absolute Gasteiger partial charge is 0.405 e. The molecule has 0 aromatic heterocycles. The monoisotopic (exact) mass is 87.1 g/mol. The molecule has 0 aromatic carbocycles. The van der Waals surface area contributed by atoms with Crippen molar-refractivity contribution >= 4 is 0 Å². The minimum absolute atomic E-state index is 1.50. The van der Waals surface area contributed by atoms with Crippen LogP contribution in [0.5, 0.6) is 0 Å². The highest BCUT2D eigenvalue weighted by Crippen LogP contribution is 1.47. The van der Waals surface area contributed by atoms with Crippen LogP contribution in [0.2, 0.25) is 0 Å². The van der Waals surface area contributed by atoms with Crippen LogP contribution in [0, 0.1) is 0 Å². The first-order chi connectivity index (χ1) is 2.91. The van der Waals surface area contributed by atoms with Gasteiger partial charge in [0, 0.05) is 0 Å². The van der Waals surface area contributed by atoms with E-state index < -0.39 is 0 Å². The molecule has 0 radical (unpaired) electrons. The molecule has 0 atom stereocenters. The summed E-state index contributed by atoms with van der Waals surface area (Å²) in [7, 11) is 0. The Morgan fingerprint density at radius 1 is 1.33 bits per heavy atom. The number of rotatable bonds is 0. The van der Waals surface area contributed by atoms with Gasteiger partial charge in [-0.05, 0) is 13.1 Å². The van der Waals surface area contributed by atoms with E-state index in [0.29, 0.717) is 0 Å². The van der Waals surface area contributed by atoms with Crippen LogP contribution in [0.15, 0.2) is 12.3 Å². The predicted octanol–water partition coefficient (Wildman–Crippen LogP) is 1.50. The van der Waals surface area contributed by atoms with Crippen molar-refractivity contribution < 1.29 is 0 Å². The van der Waals surface area contributed by atoms with Crippen molar-refractivity contribution in [1.29, 1.82) is 0 Å². The zero-order chi connectivity index (χ0) is 5.41. The van der Waals surface area contributed by atoms with E-state index in [-0.39, 0.29) is 0 Å². The summed E-state index contributed by atoms with van der Waals surface area (Å²) in [6, 6.07) is 0. The quantitative estimate of drug-likeness (QED) is 0.476. The van der Waals surface area contributed by atoms with Crippen LogP contribution in [-0.2, 0) is 0 Å². The molecule has 0 aliphatic carbocycles. The summed E-state index contributed by atoms with van der Waals surface area (Å²) in [5.41, 5.74) is 4.85. The van der Waals surface area contributed by atoms with Crippen molar-refractivity contribution in [3.8, 4) is 0 Å². The fourth-order valence-electron chi connectivity index (χ4n) is 0. The fourth-order valence-corrected chi connectivity index (χ4v) is 0. The fraction of sp³-hybridized carbons (Fsp3) is 0.600. The van der Waals surface area contributed by atoms with Crippen LogP contribution in [0.25, 0.3) is 0 Å². The van der Waals surface area contributed by atoms with E-state index in [4.69, 9.17) is 5.73 Å². The Morgan fingerprint density at radius 3 is 1.50 bits per heavy atom. The molecule has 0 bridgehead atoms. The van der Waals surface area contributed by atoms with Gasteiger partial charge >= 0.3 is 0 Å². The molecule has 0 rings (SSSR count). The maximum atomic E-state index is 4.85. The molecule has 0 amide bonds. The van der Waals surface area contributed by atoms with E-state index in [0.717, 1.165) is 0 Å². The average molecular weight is 87.2 g/mol. The van der Waals surface area contributed by atoms with Gasteiger partial charge in [0.1, 0.15) is 0 Å². The molecule has 6 heavy (non-hydrogen) atoms. The zero-order valence-electron chi connectivity index (χ0n) is 4.73. The Kier molecular flexibility index (Phi) is 36.4. The third-order valence-electron chi connectivity index (χ3n) is 0.192. The Bertz CT molecular complexity index is 19.1. The highest BCUT2D eigenvalue weighted by Gasteiger charge is 1.32. The minimum Gasteiger partial charge on any atom is -0.405 e. The predicted molar refractivity (Wildman–Crippen MR) is 30.3 cm³/mol. The maximum absolute atomic E-state index is 4.85. The van der Waals surface area contributed by atoms with Gasteiger partial charge in [0.25, 0.3) is 0 Å². The molecule has 0 unspecified atom stereocenters. The van der Waals surface area contributed by atoms with Crippen LogP contribution in [0.1, 0.15) is 20.8 Å². The lowest BCUT2D eigenvalue weighted by atomic mass is 10.7. The molecule has 0 aromatic rings. The average Bonchev–Trinajstić information content (AvgIpc) is 1.72. The molecule has 38 valence electrons. The van der Waals surface area contributed by atoms with Gasteiger partial charge in [-0.25, -0.2) is 0 Å². The van der Waals surface area contributed by atoms with E-state index in [2.05, 4.69) is 0 Å². The van der Waals surface area contributed by atoms with E-state index in [1.54, 1.807) is 6.08 Å². The van der Waals surface area contributed by atoms with Gasteiger partial charge in [-0.2, -0.15) is 0 Å². The summed E-state index contributed by atoms with van der Waals surface area (Å²) in [5, 5.41) is 0. The van der Waals surface area contributed by atoms with Crippen molar-refractivity contribution in [3.63, 3.8) is 0 Å². The Balaban J connectivity index is 0. The van der Waals surface area contributed by atoms with Crippen molar-refractivity contribution in [2.45, 2.75) is 20.8 Å². The van der Waals surface area contributed by atoms with Crippen molar-refractivity contribution in [2.75, 3.05) is 0 Å². The van der Waals surface area contributed by atoms with Gasteiger partial charge in [-0.3, -0.25) is 0 Å². The van der Waals surface area contributed by atoms with Crippen LogP contribution in [0.3, 0.4) is 0 Å². The summed E-state index contributed by atoms with van der Waals surface area (Å²) in [6.07, 6.45) is 3.28. The number of hydrogen-bond acceptors (Lipinski definition) is 1. The van der Waals surface area contributed by atoms with E-state index in [1.807, 2.05) is 20.8 Å². The van der Waals surface area contributed by atoms with Gasteiger partial charge in [-0.1, -0.05) is 19.9 Å². The summed E-state index contributed by atoms with van der Waals surface area (Å²) in [4.78, 5) is 0. The lowest BCUT2D eigenvalue weighted by Gasteiger charge is -1.53. The molecule has 0 saturated carbocycles. The highest BCUT2D eigenvalue weighted by molar-refractivity contribution is 4.66. The second kappa shape index (κ2) is 24.0. The summed E-state index contributed by atoms with van der Waals surface area (Å²) in [5.74, 6) is 0. The lowest BCUT2D eigenvalue weighted by Crippen LogP contribution is -1.70. The van der Waals surface area contributed by atoms with Gasteiger partial charge < -0.3 is 5.73 Å². The molecule has 0 aliphatic rings. The van der Waals surface area contributed by atoms with E-state index in [9.17, 15) is 0 Å². The smallest absolute Gasteiger partial charge is 0.0106 e. The third-order valence-corrected chi connectivity index (χ3v) is 0.192. The number of allylic oxidation sites excluding steroid dienone is 1. The summed E-state index contributed by atoms with van der Waals surface area (Å²) >= 11 is 0. The topological polar surface area (TPSA) is 26.0 Å². The van der Waals surface area contributed by atoms with Gasteiger partial charge in [-0.15, -0.1) is 0 Å². The molecule has 0 heterocycles. The molecule has 0 fully saturated rings. The van der Waals surface area contributed by atoms with Crippen LogP contribution in [-0.4, -0.2) is 0 Å². The molecule has 1 heteroatoms. The van der Waals surface area contributed by atoms with Crippen molar-refractivity contribution in [1.82, 2.24) is 0 Å². The SMILES string of the molecule is CC.CC=CN. The molecule has 0 saturated heterocycles. The van der Waals surface area contributed by atoms with E-state index in [1.165, 1.54) is 6.20 Å². The summed E-state index contributed by atoms with van der Waals surface area (Å²) < 4.78 is 0. The second-order valence-corrected chi connectivity index (χ2v) is 0.526. The Hall–Kier alpha value is -0.460. The normalized spacial score (nSPS) is 7.17. The lowest BCUT2D eigenvalue weighted by molar-refractivity contribution is 1.50. The highest BCUT2D eigenvalue weighted by atomic mass is 14.5. The van der Waals surface area contributed by atoms with E-state index >= 15 is 0 Å². The minimum atomic E-state index is 1.50. The Labute approximate surface area is 39.9 Å². The zero-order valence-corrected chi connectivity index (χ0v) is 4.73. The first-order valence-corrected chi connectivity index (χ1v) is 2.24. The molecule has 2 N–H and O–H groups in total. The summed E-state index contributed by atoms with van der Waals surface area (Å²) in [6.45, 7) is 5.88. The molecule has 1 nitrogen and oxygen atoms in total. The van der Waals surface area contributed by atoms with Gasteiger partial charge in [0.2, 0.25) is 0 Å². The standard InChI is InChI=1S/C3H7N.C2H6/c1-2-3-4;1-2/h2-3H,4H2,1H3;1-2H3. The van der Waals surface area contributed by atoms with Gasteiger partial charge in [0.05, 0.1) is 0 Å². The first kappa shape index (κ1) is 9.11. The number of nitrogens with two attached hydrogens (primary N) is 1. The van der Waals surface area contributed by atoms with Crippen LogP contribution >= 0.6 is 0 Å². The van der Waals surface area contributed by atoms with Crippen LogP contribution < -0.4 is 5.73 Å². The third kappa shape index (κ3) is 78.3. The van der Waals surface area contributed by atoms with Crippen LogP contribution in [0.4, 0.5) is 0 Å². The van der Waals surface area contributed by atoms with Crippen molar-refractivity contribution in [2.24, 2.45) is 5.73 Å². The molecule has 0 aliphatic heterocycles. The van der Waals surface area contributed by atoms with Crippen molar-refractivity contribution in [3.05, 3.63) is 12.3 Å². The van der Waals surface area contributed by atoms with Gasteiger partial charge in [0.15, 0.2) is 0 Å². The second-order valence-electron chi connectivity index (χ2n) is 0.526. The molecular formula is C5H13N. The molecule has 0 spiro atoms. The maximum Gasteiger partial charge on any atom is -0.0106 e. The first-order valence-electron chi connectivity index (χ1n) is 2.24. The molecular weight excluding hydrogens is 74.1 g/mol. The Morgan fingerprint density at radius 2 is 1.50 bits per heavy atom.